The molecule has 0 bridgehead atoms. The van der Waals surface area contributed by atoms with Gasteiger partial charge in [-0.15, -0.1) is 0 Å². The minimum absolute atomic E-state index is 0.0578. The number of nitrogens with two attached hydrogens (primary N) is 3. The first-order valence-corrected chi connectivity index (χ1v) is 7.20. The molecule has 0 amide bonds. The number of rotatable bonds is 3. The molecule has 0 saturated heterocycles. The molecule has 0 spiro atoms. The summed E-state index contributed by atoms with van der Waals surface area (Å²) in [6, 6.07) is 23.8. The van der Waals surface area contributed by atoms with E-state index in [0.717, 1.165) is 33.8 Å². The smallest absolute Gasteiger partial charge is 0.0360 e. The highest BCUT2D eigenvalue weighted by atomic mass is 14.6. The average molecular weight is 289 g/mol. The van der Waals surface area contributed by atoms with Gasteiger partial charge in [0.05, 0.1) is 0 Å². The Bertz CT molecular complexity index is 716. The predicted molar refractivity (Wildman–Crippen MR) is 93.5 cm³/mol. The fraction of sp³-hybridized carbons (Fsp3) is 0.0526. The van der Waals surface area contributed by atoms with Crippen LogP contribution in [-0.4, -0.2) is 0 Å². The van der Waals surface area contributed by atoms with Crippen LogP contribution in [0, 0.1) is 0 Å². The molecular weight excluding hydrogens is 270 g/mol. The van der Waals surface area contributed by atoms with Crippen LogP contribution in [0.15, 0.2) is 72.8 Å². The Morgan fingerprint density at radius 1 is 0.545 bits per heavy atom. The third kappa shape index (κ3) is 2.74. The first-order valence-electron chi connectivity index (χ1n) is 7.20. The van der Waals surface area contributed by atoms with E-state index in [2.05, 4.69) is 6.07 Å². The van der Waals surface area contributed by atoms with Gasteiger partial charge in [-0.2, -0.15) is 0 Å². The van der Waals surface area contributed by atoms with Gasteiger partial charge in [-0.3, -0.25) is 0 Å². The van der Waals surface area contributed by atoms with Crippen molar-refractivity contribution in [3.8, 4) is 0 Å². The Labute approximate surface area is 130 Å². The molecule has 0 unspecified atom stereocenters. The van der Waals surface area contributed by atoms with Gasteiger partial charge in [0.1, 0.15) is 0 Å². The number of benzene rings is 3. The number of nitrogen functional groups attached to an aromatic ring is 3. The summed E-state index contributed by atoms with van der Waals surface area (Å²) in [5.74, 6) is 0.0578. The highest BCUT2D eigenvalue weighted by molar-refractivity contribution is 5.57. The summed E-state index contributed by atoms with van der Waals surface area (Å²) in [5.41, 5.74) is 23.5. The van der Waals surface area contributed by atoms with Crippen LogP contribution in [0.25, 0.3) is 0 Å². The molecule has 0 aliphatic heterocycles. The molecule has 0 radical (unpaired) electrons. The standard InChI is InChI=1S/C19H19N3/c20-15-9-5-13(6-10-15)19(14-7-11-16(21)12-8-14)17-3-1-2-4-18(17)22/h1-12,19H,20-22H2. The van der Waals surface area contributed by atoms with Crippen molar-refractivity contribution in [1.82, 2.24) is 0 Å². The van der Waals surface area contributed by atoms with E-state index in [1.54, 1.807) is 0 Å². The molecule has 3 heteroatoms. The number of hydrogen-bond acceptors (Lipinski definition) is 3. The minimum atomic E-state index is 0.0578. The predicted octanol–water partition coefficient (Wildman–Crippen LogP) is 3.61. The van der Waals surface area contributed by atoms with E-state index in [1.165, 1.54) is 0 Å². The summed E-state index contributed by atoms with van der Waals surface area (Å²) in [7, 11) is 0. The van der Waals surface area contributed by atoms with E-state index in [0.29, 0.717) is 0 Å². The van der Waals surface area contributed by atoms with E-state index in [-0.39, 0.29) is 5.92 Å². The monoisotopic (exact) mass is 289 g/mol. The van der Waals surface area contributed by atoms with Crippen molar-refractivity contribution in [3.05, 3.63) is 89.5 Å². The lowest BCUT2D eigenvalue weighted by Gasteiger charge is -2.21. The van der Waals surface area contributed by atoms with Crippen molar-refractivity contribution in [2.45, 2.75) is 5.92 Å². The molecule has 0 aliphatic carbocycles. The fourth-order valence-electron chi connectivity index (χ4n) is 2.70. The molecule has 110 valence electrons. The zero-order valence-corrected chi connectivity index (χ0v) is 12.2. The van der Waals surface area contributed by atoms with Crippen molar-refractivity contribution in [2.75, 3.05) is 17.2 Å². The Morgan fingerprint density at radius 2 is 1.00 bits per heavy atom. The zero-order chi connectivity index (χ0) is 15.5. The van der Waals surface area contributed by atoms with E-state index in [1.807, 2.05) is 66.7 Å². The van der Waals surface area contributed by atoms with Crippen LogP contribution < -0.4 is 17.2 Å². The minimum Gasteiger partial charge on any atom is -0.399 e. The summed E-state index contributed by atoms with van der Waals surface area (Å²) >= 11 is 0. The van der Waals surface area contributed by atoms with Crippen molar-refractivity contribution in [3.63, 3.8) is 0 Å². The first kappa shape index (κ1) is 14.0. The highest BCUT2D eigenvalue weighted by Gasteiger charge is 2.18. The Kier molecular flexibility index (Phi) is 3.71. The molecule has 0 heterocycles. The number of hydrogen-bond donors (Lipinski definition) is 3. The summed E-state index contributed by atoms with van der Waals surface area (Å²) in [6.07, 6.45) is 0. The molecule has 6 N–H and O–H groups in total. The Hall–Kier alpha value is -2.94. The van der Waals surface area contributed by atoms with Gasteiger partial charge >= 0.3 is 0 Å². The maximum Gasteiger partial charge on any atom is 0.0360 e. The van der Waals surface area contributed by atoms with E-state index in [9.17, 15) is 0 Å². The van der Waals surface area contributed by atoms with Crippen LogP contribution in [-0.2, 0) is 0 Å². The average Bonchev–Trinajstić information content (AvgIpc) is 2.53. The van der Waals surface area contributed by atoms with Crippen LogP contribution >= 0.6 is 0 Å². The Balaban J connectivity index is 2.16. The number of para-hydroxylation sites is 1. The molecule has 0 atom stereocenters. The van der Waals surface area contributed by atoms with Crippen LogP contribution in [0.1, 0.15) is 22.6 Å². The second kappa shape index (κ2) is 5.82. The normalized spacial score (nSPS) is 10.8. The van der Waals surface area contributed by atoms with Gasteiger partial charge in [-0.25, -0.2) is 0 Å². The molecule has 3 aromatic rings. The lowest BCUT2D eigenvalue weighted by Crippen LogP contribution is -2.06. The topological polar surface area (TPSA) is 78.1 Å². The van der Waals surface area contributed by atoms with Crippen LogP contribution in [0.5, 0.6) is 0 Å². The van der Waals surface area contributed by atoms with Gasteiger partial charge < -0.3 is 17.2 Å². The summed E-state index contributed by atoms with van der Waals surface area (Å²) in [4.78, 5) is 0. The molecule has 3 aromatic carbocycles. The van der Waals surface area contributed by atoms with Crippen molar-refractivity contribution in [2.24, 2.45) is 0 Å². The van der Waals surface area contributed by atoms with Gasteiger partial charge in [-0.1, -0.05) is 42.5 Å². The van der Waals surface area contributed by atoms with Crippen molar-refractivity contribution < 1.29 is 0 Å². The molecule has 0 saturated carbocycles. The van der Waals surface area contributed by atoms with Gasteiger partial charge in [0.15, 0.2) is 0 Å². The maximum absolute atomic E-state index is 6.21. The molecule has 22 heavy (non-hydrogen) atoms. The molecule has 3 rings (SSSR count). The molecule has 0 aliphatic rings. The molecular formula is C19H19N3. The highest BCUT2D eigenvalue weighted by Crippen LogP contribution is 2.35. The van der Waals surface area contributed by atoms with Gasteiger partial charge in [-0.05, 0) is 47.0 Å². The fourth-order valence-corrected chi connectivity index (χ4v) is 2.70. The van der Waals surface area contributed by atoms with Gasteiger partial charge in [0, 0.05) is 23.0 Å². The molecule has 3 nitrogen and oxygen atoms in total. The third-order valence-electron chi connectivity index (χ3n) is 3.85. The number of anilines is 3. The molecule has 0 fully saturated rings. The van der Waals surface area contributed by atoms with Crippen LogP contribution in [0.3, 0.4) is 0 Å². The van der Waals surface area contributed by atoms with Crippen molar-refractivity contribution >= 4 is 17.1 Å². The third-order valence-corrected chi connectivity index (χ3v) is 3.85. The summed E-state index contributed by atoms with van der Waals surface area (Å²) < 4.78 is 0. The second-order valence-corrected chi connectivity index (χ2v) is 5.40. The quantitative estimate of drug-likeness (QED) is 0.509. The van der Waals surface area contributed by atoms with Gasteiger partial charge in [0.25, 0.3) is 0 Å². The molecule has 0 aromatic heterocycles. The summed E-state index contributed by atoms with van der Waals surface area (Å²) in [6.45, 7) is 0. The zero-order valence-electron chi connectivity index (χ0n) is 12.2. The van der Waals surface area contributed by atoms with E-state index >= 15 is 0 Å². The van der Waals surface area contributed by atoms with Crippen molar-refractivity contribution in [1.29, 1.82) is 0 Å². The Morgan fingerprint density at radius 3 is 1.45 bits per heavy atom. The first-order chi connectivity index (χ1) is 10.6. The lowest BCUT2D eigenvalue weighted by molar-refractivity contribution is 0.982. The maximum atomic E-state index is 6.21. The summed E-state index contributed by atoms with van der Waals surface area (Å²) in [5, 5.41) is 0. The van der Waals surface area contributed by atoms with Gasteiger partial charge in [0.2, 0.25) is 0 Å². The van der Waals surface area contributed by atoms with Crippen LogP contribution in [0.4, 0.5) is 17.1 Å². The van der Waals surface area contributed by atoms with E-state index < -0.39 is 0 Å². The van der Waals surface area contributed by atoms with E-state index in [4.69, 9.17) is 17.2 Å². The SMILES string of the molecule is Nc1ccc(C(c2ccc(N)cc2)c2ccccc2N)cc1. The lowest BCUT2D eigenvalue weighted by atomic mass is 9.84. The second-order valence-electron chi connectivity index (χ2n) is 5.40. The largest absolute Gasteiger partial charge is 0.399 e. The van der Waals surface area contributed by atoms with Crippen LogP contribution in [0.2, 0.25) is 0 Å².